The Labute approximate surface area is 166 Å². The van der Waals surface area contributed by atoms with Gasteiger partial charge in [-0.15, -0.1) is 0 Å². The van der Waals surface area contributed by atoms with Crippen molar-refractivity contribution in [3.8, 4) is 0 Å². The molecule has 0 saturated heterocycles. The smallest absolute Gasteiger partial charge is 0.326 e. The van der Waals surface area contributed by atoms with Crippen LogP contribution in [0.3, 0.4) is 0 Å². The molecule has 0 spiro atoms. The van der Waals surface area contributed by atoms with E-state index in [0.717, 1.165) is 0 Å². The molecule has 0 aliphatic heterocycles. The first-order valence-electron chi connectivity index (χ1n) is 8.74. The van der Waals surface area contributed by atoms with Crippen molar-refractivity contribution in [2.75, 3.05) is 6.54 Å². The lowest BCUT2D eigenvalue weighted by atomic mass is 9.99. The maximum Gasteiger partial charge on any atom is 0.326 e. The average Bonchev–Trinajstić information content (AvgIpc) is 2.61. The molecule has 0 fully saturated rings. The maximum absolute atomic E-state index is 12.2. The molecule has 0 radical (unpaired) electrons. The number of carboxylic acids is 2. The molecule has 13 nitrogen and oxygen atoms in total. The Morgan fingerprint density at radius 1 is 0.966 bits per heavy atom. The Bertz CT molecular complexity index is 653. The minimum Gasteiger partial charge on any atom is -0.481 e. The number of carboxylic acid groups (broad SMARTS) is 2. The van der Waals surface area contributed by atoms with E-state index in [0.29, 0.717) is 6.42 Å². The Hall–Kier alpha value is -3.22. The first kappa shape index (κ1) is 25.8. The number of nitrogens with two attached hydrogens (primary N) is 2. The third kappa shape index (κ3) is 10.0. The molecule has 0 aromatic heterocycles. The topological polar surface area (TPSA) is 231 Å². The largest absolute Gasteiger partial charge is 0.481 e. The van der Waals surface area contributed by atoms with E-state index in [4.69, 9.17) is 21.7 Å². The summed E-state index contributed by atoms with van der Waals surface area (Å²) >= 11 is 0. The number of hydrogen-bond acceptors (Lipinski definition) is 7. The van der Waals surface area contributed by atoms with Crippen molar-refractivity contribution >= 4 is 35.6 Å². The zero-order valence-electron chi connectivity index (χ0n) is 16.1. The molecule has 0 aromatic carbocycles. The van der Waals surface area contributed by atoms with Gasteiger partial charge in [0.05, 0.1) is 25.4 Å². The summed E-state index contributed by atoms with van der Waals surface area (Å²) in [6.45, 7) is 2.74. The summed E-state index contributed by atoms with van der Waals surface area (Å²) in [5.41, 5.74) is 10.3. The molecule has 4 amide bonds. The van der Waals surface area contributed by atoms with Crippen molar-refractivity contribution in [1.29, 1.82) is 0 Å². The van der Waals surface area contributed by atoms with Crippen LogP contribution in [-0.2, 0) is 28.8 Å². The molecule has 13 heteroatoms. The SMILES string of the molecule is CCC(C)C(NC(=O)CNC(=O)C(CC(=O)O)NC(=O)C(N)CC(N)=O)C(=O)O. The fourth-order valence-electron chi connectivity index (χ4n) is 2.17. The summed E-state index contributed by atoms with van der Waals surface area (Å²) in [5, 5.41) is 24.5. The lowest BCUT2D eigenvalue weighted by Gasteiger charge is -2.21. The van der Waals surface area contributed by atoms with Crippen LogP contribution in [0.1, 0.15) is 33.1 Å². The second kappa shape index (κ2) is 12.3. The Kier molecular flexibility index (Phi) is 10.9. The number of nitrogens with one attached hydrogen (secondary N) is 3. The van der Waals surface area contributed by atoms with Crippen molar-refractivity contribution < 1.29 is 39.0 Å². The van der Waals surface area contributed by atoms with Gasteiger partial charge in [0.15, 0.2) is 0 Å². The zero-order chi connectivity index (χ0) is 22.7. The Morgan fingerprint density at radius 2 is 1.55 bits per heavy atom. The van der Waals surface area contributed by atoms with Crippen molar-refractivity contribution in [2.45, 2.75) is 51.2 Å². The highest BCUT2D eigenvalue weighted by Gasteiger charge is 2.28. The molecular formula is C16H27N5O8. The van der Waals surface area contributed by atoms with Crippen LogP contribution >= 0.6 is 0 Å². The van der Waals surface area contributed by atoms with Gasteiger partial charge in [0.1, 0.15) is 12.1 Å². The minimum absolute atomic E-state index is 0.363. The monoisotopic (exact) mass is 417 g/mol. The van der Waals surface area contributed by atoms with Gasteiger partial charge in [-0.2, -0.15) is 0 Å². The maximum atomic E-state index is 12.2. The summed E-state index contributed by atoms with van der Waals surface area (Å²) < 4.78 is 0. The van der Waals surface area contributed by atoms with Crippen LogP contribution in [0.5, 0.6) is 0 Å². The third-order valence-corrected chi connectivity index (χ3v) is 3.99. The van der Waals surface area contributed by atoms with E-state index >= 15 is 0 Å². The summed E-state index contributed by atoms with van der Waals surface area (Å²) in [6.07, 6.45) is -0.836. The summed E-state index contributed by atoms with van der Waals surface area (Å²) in [6, 6.07) is -4.12. The van der Waals surface area contributed by atoms with Crippen LogP contribution in [0, 0.1) is 5.92 Å². The van der Waals surface area contributed by atoms with Crippen LogP contribution in [0.25, 0.3) is 0 Å². The second-order valence-electron chi connectivity index (χ2n) is 6.42. The number of rotatable bonds is 13. The van der Waals surface area contributed by atoms with E-state index in [1.54, 1.807) is 13.8 Å². The van der Waals surface area contributed by atoms with Crippen LogP contribution in [0.15, 0.2) is 0 Å². The van der Waals surface area contributed by atoms with Gasteiger partial charge in [-0.1, -0.05) is 20.3 Å². The van der Waals surface area contributed by atoms with Crippen LogP contribution < -0.4 is 27.4 Å². The average molecular weight is 417 g/mol. The van der Waals surface area contributed by atoms with Crippen LogP contribution in [-0.4, -0.2) is 70.5 Å². The van der Waals surface area contributed by atoms with Crippen LogP contribution in [0.2, 0.25) is 0 Å². The molecular weight excluding hydrogens is 390 g/mol. The van der Waals surface area contributed by atoms with Crippen LogP contribution in [0.4, 0.5) is 0 Å². The third-order valence-electron chi connectivity index (χ3n) is 3.99. The zero-order valence-corrected chi connectivity index (χ0v) is 16.1. The van der Waals surface area contributed by atoms with Crippen molar-refractivity contribution in [3.05, 3.63) is 0 Å². The number of primary amides is 1. The molecule has 0 aromatic rings. The number of amides is 4. The highest BCUT2D eigenvalue weighted by Crippen LogP contribution is 2.07. The van der Waals surface area contributed by atoms with Gasteiger partial charge in [0, 0.05) is 0 Å². The highest BCUT2D eigenvalue weighted by molar-refractivity contribution is 5.95. The minimum atomic E-state index is -1.57. The lowest BCUT2D eigenvalue weighted by Crippen LogP contribution is -2.54. The lowest BCUT2D eigenvalue weighted by molar-refractivity contribution is -0.143. The first-order chi connectivity index (χ1) is 13.4. The van der Waals surface area contributed by atoms with Gasteiger partial charge >= 0.3 is 11.9 Å². The number of carbonyl (C=O) groups excluding carboxylic acids is 4. The van der Waals surface area contributed by atoms with E-state index in [1.165, 1.54) is 0 Å². The van der Waals surface area contributed by atoms with Crippen molar-refractivity contribution in [2.24, 2.45) is 17.4 Å². The number of carbonyl (C=O) groups is 6. The van der Waals surface area contributed by atoms with Gasteiger partial charge in [-0.05, 0) is 5.92 Å². The molecule has 164 valence electrons. The molecule has 0 rings (SSSR count). The molecule has 0 saturated carbocycles. The van der Waals surface area contributed by atoms with Crippen molar-refractivity contribution in [3.63, 3.8) is 0 Å². The molecule has 4 atom stereocenters. The van der Waals surface area contributed by atoms with E-state index in [2.05, 4.69) is 16.0 Å². The van der Waals surface area contributed by atoms with Gasteiger partial charge in [-0.25, -0.2) is 4.79 Å². The summed E-state index contributed by atoms with van der Waals surface area (Å²) in [7, 11) is 0. The quantitative estimate of drug-likeness (QED) is 0.160. The number of hydrogen-bond donors (Lipinski definition) is 7. The fourth-order valence-corrected chi connectivity index (χ4v) is 2.17. The van der Waals surface area contributed by atoms with Gasteiger partial charge in [-0.3, -0.25) is 24.0 Å². The summed E-state index contributed by atoms with van der Waals surface area (Å²) in [5.74, 6) is -6.66. The van der Waals surface area contributed by atoms with E-state index < -0.39 is 73.1 Å². The van der Waals surface area contributed by atoms with Gasteiger partial charge < -0.3 is 37.6 Å². The highest BCUT2D eigenvalue weighted by atomic mass is 16.4. The molecule has 4 unspecified atom stereocenters. The van der Waals surface area contributed by atoms with Gasteiger partial charge in [0.2, 0.25) is 23.6 Å². The number of aliphatic carboxylic acids is 2. The molecule has 0 aliphatic carbocycles. The normalized spacial score (nSPS) is 14.6. The Morgan fingerprint density at radius 3 is 2.00 bits per heavy atom. The molecule has 29 heavy (non-hydrogen) atoms. The molecule has 0 bridgehead atoms. The predicted octanol–water partition coefficient (Wildman–Crippen LogP) is -3.12. The summed E-state index contributed by atoms with van der Waals surface area (Å²) in [4.78, 5) is 68.9. The fraction of sp³-hybridized carbons (Fsp3) is 0.625. The van der Waals surface area contributed by atoms with Crippen molar-refractivity contribution in [1.82, 2.24) is 16.0 Å². The molecule has 9 N–H and O–H groups in total. The molecule has 0 aliphatic rings. The van der Waals surface area contributed by atoms with E-state index in [9.17, 15) is 28.8 Å². The van der Waals surface area contributed by atoms with E-state index in [-0.39, 0.29) is 5.92 Å². The predicted molar refractivity (Wildman–Crippen MR) is 98.0 cm³/mol. The molecule has 0 heterocycles. The Balaban J connectivity index is 4.91. The van der Waals surface area contributed by atoms with Gasteiger partial charge in [0.25, 0.3) is 0 Å². The van der Waals surface area contributed by atoms with E-state index in [1.807, 2.05) is 0 Å². The standard InChI is InChI=1S/C16H27N5O8/c1-3-7(2)13(16(28)29)21-11(23)6-19-15(27)9(5-12(24)25)20-14(26)8(17)4-10(18)22/h7-9,13H,3-6,17H2,1-2H3,(H2,18,22)(H,19,27)(H,20,26)(H,21,23)(H,24,25)(H,28,29). The second-order valence-corrected chi connectivity index (χ2v) is 6.42. The first-order valence-corrected chi connectivity index (χ1v) is 8.74.